The molecule has 0 aromatic carbocycles. The largest absolute Gasteiger partial charge is 0.451 e. The predicted molar refractivity (Wildman–Crippen MR) is 146 cm³/mol. The number of carbonyl (C=O) groups excluding carboxylic acids is 3. The second kappa shape index (κ2) is 11.7. The third-order valence-corrected chi connectivity index (χ3v) is 8.45. The Kier molecular flexibility index (Phi) is 8.59. The van der Waals surface area contributed by atoms with Crippen LogP contribution in [0.2, 0.25) is 0 Å². The molecule has 2 fully saturated rings. The van der Waals surface area contributed by atoms with E-state index in [1.54, 1.807) is 34.8 Å². The van der Waals surface area contributed by atoms with E-state index in [1.165, 1.54) is 0 Å². The molecule has 0 bridgehead atoms. The highest BCUT2D eigenvalue weighted by Crippen LogP contribution is 2.53. The van der Waals surface area contributed by atoms with Gasteiger partial charge in [0.25, 0.3) is 5.91 Å². The predicted octanol–water partition coefficient (Wildman–Crippen LogP) is 2.49. The Labute approximate surface area is 227 Å². The first-order chi connectivity index (χ1) is 17.8. The first-order valence-corrected chi connectivity index (χ1v) is 13.9. The Morgan fingerprint density at radius 2 is 2.13 bits per heavy atom. The van der Waals surface area contributed by atoms with E-state index in [-0.39, 0.29) is 32.3 Å². The fourth-order valence-corrected chi connectivity index (χ4v) is 6.17. The molecule has 5 atom stereocenters. The molecular weight excluding hydrogens is 508 g/mol. The summed E-state index contributed by atoms with van der Waals surface area (Å²) in [6.07, 6.45) is 8.11. The molecule has 1 saturated heterocycles. The summed E-state index contributed by atoms with van der Waals surface area (Å²) < 4.78 is 20.2. The molecule has 1 saturated carbocycles. The van der Waals surface area contributed by atoms with Gasteiger partial charge in [0.05, 0.1) is 12.6 Å². The van der Waals surface area contributed by atoms with Crippen molar-refractivity contribution in [1.82, 2.24) is 19.9 Å². The zero-order valence-electron chi connectivity index (χ0n) is 21.5. The summed E-state index contributed by atoms with van der Waals surface area (Å²) in [4.78, 5) is 43.4. The van der Waals surface area contributed by atoms with Gasteiger partial charge in [0.1, 0.15) is 27.8 Å². The van der Waals surface area contributed by atoms with Crippen molar-refractivity contribution in [2.75, 3.05) is 13.1 Å². The molecular formula is C27H38N4O6S. The van der Waals surface area contributed by atoms with E-state index < -0.39 is 34.9 Å². The summed E-state index contributed by atoms with van der Waals surface area (Å²) in [6.45, 7) is 4.34. The SMILES string of the molecule is CC(C)CC(NC(=O)c1cc2c(o1)C=CC1CC21)C(=O)NC1CCCN(S(=O)c2ccccn2)CC1=O.O.[HH].[HH]. The molecule has 5 rings (SSSR count). The first-order valence-electron chi connectivity index (χ1n) is 12.8. The summed E-state index contributed by atoms with van der Waals surface area (Å²) in [5.41, 5.74) is 1.05. The number of nitrogens with one attached hydrogen (secondary N) is 2. The standard InChI is InChI=1S/C27H32N4O5S.H2O.2H2/c1-16(2)12-21(30-27(34)24-14-19-18-13-17(18)8-9-23(19)36-24)26(33)29-20-6-5-11-31(15-22(20)32)37(35)25-7-3-4-10-28-25;;;/h3-4,7-10,14,16-18,20-21H,5-6,11-13,15H2,1-2H3,(H,29,33)(H,30,34);1H2;2*1H. The number of ketones is 1. The molecule has 0 radical (unpaired) electrons. The van der Waals surface area contributed by atoms with Gasteiger partial charge in [-0.05, 0) is 67.7 Å². The molecule has 2 aliphatic carbocycles. The lowest BCUT2D eigenvalue weighted by atomic mass is 10.0. The van der Waals surface area contributed by atoms with Gasteiger partial charge in [-0.25, -0.2) is 13.5 Å². The van der Waals surface area contributed by atoms with Crippen LogP contribution < -0.4 is 10.6 Å². The minimum Gasteiger partial charge on any atom is -0.451 e. The first kappa shape index (κ1) is 27.9. The number of hydrogen-bond acceptors (Lipinski definition) is 6. The van der Waals surface area contributed by atoms with Crippen molar-refractivity contribution in [3.63, 3.8) is 0 Å². The van der Waals surface area contributed by atoms with Crippen LogP contribution in [0, 0.1) is 11.8 Å². The normalized spacial score (nSPS) is 23.9. The highest BCUT2D eigenvalue weighted by Gasteiger charge is 2.42. The maximum atomic E-state index is 13.3. The highest BCUT2D eigenvalue weighted by molar-refractivity contribution is 7.82. The van der Waals surface area contributed by atoms with E-state index in [2.05, 4.69) is 21.7 Å². The number of rotatable bonds is 8. The lowest BCUT2D eigenvalue weighted by Gasteiger charge is -2.23. The number of pyridine rings is 1. The van der Waals surface area contributed by atoms with Gasteiger partial charge in [0.2, 0.25) is 5.91 Å². The zero-order valence-corrected chi connectivity index (χ0v) is 22.3. The van der Waals surface area contributed by atoms with Crippen molar-refractivity contribution in [3.05, 3.63) is 53.6 Å². The van der Waals surface area contributed by atoms with Crippen molar-refractivity contribution in [2.45, 2.75) is 62.6 Å². The van der Waals surface area contributed by atoms with Crippen LogP contribution in [-0.4, -0.2) is 61.7 Å². The van der Waals surface area contributed by atoms with Crippen LogP contribution in [0.1, 0.15) is 70.2 Å². The lowest BCUT2D eigenvalue weighted by Crippen LogP contribution is -2.52. The number of nitrogens with zero attached hydrogens (tertiary/aromatic N) is 2. The highest BCUT2D eigenvalue weighted by atomic mass is 32.2. The Morgan fingerprint density at radius 3 is 2.87 bits per heavy atom. The molecule has 208 valence electrons. The summed E-state index contributed by atoms with van der Waals surface area (Å²) in [5, 5.41) is 6.06. The van der Waals surface area contributed by atoms with Gasteiger partial charge in [-0.2, -0.15) is 0 Å². The topological polar surface area (TPSA) is 153 Å². The van der Waals surface area contributed by atoms with E-state index in [0.29, 0.717) is 48.4 Å². The number of allylic oxidation sites excluding steroid dienone is 1. The zero-order chi connectivity index (χ0) is 26.1. The number of Topliss-reactive ketones (excluding diaryl/α,β-unsaturated/α-hetero) is 1. The molecule has 3 aliphatic rings. The Balaban J connectivity index is 0.00000187. The number of amides is 2. The van der Waals surface area contributed by atoms with Gasteiger partial charge >= 0.3 is 0 Å². The maximum Gasteiger partial charge on any atom is 0.287 e. The smallest absolute Gasteiger partial charge is 0.287 e. The minimum absolute atomic E-state index is 0. The molecule has 2 aromatic rings. The van der Waals surface area contributed by atoms with Crippen molar-refractivity contribution >= 4 is 34.7 Å². The molecule has 3 heterocycles. The Hall–Kier alpha value is -3.15. The van der Waals surface area contributed by atoms with Gasteiger partial charge < -0.3 is 20.5 Å². The minimum atomic E-state index is -1.56. The Morgan fingerprint density at radius 1 is 1.32 bits per heavy atom. The quantitative estimate of drug-likeness (QED) is 0.519. The van der Waals surface area contributed by atoms with Crippen LogP contribution in [0.5, 0.6) is 0 Å². The summed E-state index contributed by atoms with van der Waals surface area (Å²) in [5.74, 6) is 0.949. The average molecular weight is 547 g/mol. The Bertz CT molecular complexity index is 1250. The molecule has 11 heteroatoms. The van der Waals surface area contributed by atoms with Gasteiger partial charge in [0, 0.05) is 21.2 Å². The summed E-state index contributed by atoms with van der Waals surface area (Å²) >= 11 is 0. The van der Waals surface area contributed by atoms with Crippen molar-refractivity contribution in [1.29, 1.82) is 0 Å². The summed E-state index contributed by atoms with van der Waals surface area (Å²) in [7, 11) is -1.56. The van der Waals surface area contributed by atoms with E-state index in [4.69, 9.17) is 4.42 Å². The van der Waals surface area contributed by atoms with Crippen molar-refractivity contribution in [3.8, 4) is 0 Å². The van der Waals surface area contributed by atoms with Gasteiger partial charge in [0.15, 0.2) is 11.5 Å². The van der Waals surface area contributed by atoms with Crippen LogP contribution in [0.25, 0.3) is 6.08 Å². The third-order valence-electron chi connectivity index (χ3n) is 7.07. The molecule has 2 amide bonds. The van der Waals surface area contributed by atoms with Crippen molar-refractivity contribution < 1.29 is 31.3 Å². The second-order valence-corrected chi connectivity index (χ2v) is 11.8. The van der Waals surface area contributed by atoms with Crippen LogP contribution >= 0.6 is 0 Å². The molecule has 0 spiro atoms. The molecule has 1 aliphatic heterocycles. The van der Waals surface area contributed by atoms with Crippen molar-refractivity contribution in [2.24, 2.45) is 11.8 Å². The van der Waals surface area contributed by atoms with Crippen LogP contribution in [-0.2, 0) is 20.6 Å². The fourth-order valence-electron chi connectivity index (χ4n) is 5.02. The van der Waals surface area contributed by atoms with Crippen LogP contribution in [0.3, 0.4) is 0 Å². The molecule has 5 unspecified atom stereocenters. The molecule has 38 heavy (non-hydrogen) atoms. The number of hydrogen-bond donors (Lipinski definition) is 2. The number of furan rings is 1. The van der Waals surface area contributed by atoms with Gasteiger partial charge in [-0.3, -0.25) is 14.4 Å². The molecule has 10 nitrogen and oxygen atoms in total. The molecule has 4 N–H and O–H groups in total. The summed E-state index contributed by atoms with van der Waals surface area (Å²) in [6, 6.07) is 5.42. The average Bonchev–Trinajstić information content (AvgIpc) is 3.59. The monoisotopic (exact) mass is 546 g/mol. The van der Waals surface area contributed by atoms with Crippen LogP contribution in [0.15, 0.2) is 46.0 Å². The number of fused-ring (bicyclic) bond motifs is 3. The number of carbonyl (C=O) groups is 3. The van der Waals surface area contributed by atoms with E-state index in [9.17, 15) is 18.6 Å². The second-order valence-electron chi connectivity index (χ2n) is 10.4. The lowest BCUT2D eigenvalue weighted by molar-refractivity contribution is -0.129. The fraction of sp³-hybridized carbons (Fsp3) is 0.481. The van der Waals surface area contributed by atoms with Gasteiger partial charge in [-0.1, -0.05) is 26.0 Å². The molecule has 2 aromatic heterocycles. The van der Waals surface area contributed by atoms with Crippen LogP contribution in [0.4, 0.5) is 0 Å². The van der Waals surface area contributed by atoms with E-state index in [1.807, 2.05) is 19.9 Å². The maximum absolute atomic E-state index is 13.3. The van der Waals surface area contributed by atoms with E-state index in [0.717, 1.165) is 12.0 Å². The van der Waals surface area contributed by atoms with E-state index >= 15 is 0 Å². The van der Waals surface area contributed by atoms with Gasteiger partial charge in [-0.15, -0.1) is 0 Å². The number of aromatic nitrogens is 1. The third kappa shape index (κ3) is 6.11.